The number of ether oxygens (including phenoxy) is 1. The molecule has 0 saturated heterocycles. The minimum Gasteiger partial charge on any atom is -0.481 e. The van der Waals surface area contributed by atoms with Crippen LogP contribution in [-0.2, 0) is 4.79 Å². The van der Waals surface area contributed by atoms with E-state index in [1.165, 1.54) is 12.1 Å². The smallest absolute Gasteiger partial charge is 0.272 e. The topological polar surface area (TPSA) is 81.5 Å². The quantitative estimate of drug-likeness (QED) is 0.651. The Bertz CT molecular complexity index is 701. The number of hydrogen-bond acceptors (Lipinski definition) is 4. The van der Waals surface area contributed by atoms with Gasteiger partial charge in [-0.2, -0.15) is 0 Å². The van der Waals surface area contributed by atoms with Crippen molar-refractivity contribution in [2.24, 2.45) is 0 Å². The Morgan fingerprint density at radius 1 is 1.26 bits per heavy atom. The number of nitrogens with one attached hydrogen (secondary N) is 1. The highest BCUT2D eigenvalue weighted by Gasteiger charge is 2.19. The third-order valence-electron chi connectivity index (χ3n) is 3.35. The predicted octanol–water partition coefficient (Wildman–Crippen LogP) is 3.70. The van der Waals surface area contributed by atoms with Crippen molar-refractivity contribution in [2.75, 3.05) is 5.32 Å². The van der Waals surface area contributed by atoms with Gasteiger partial charge < -0.3 is 10.1 Å². The monoisotopic (exact) mass is 314 g/mol. The SMILES string of the molecule is CCC(Oc1ccc([N+](=O)[O-])c(C)c1)C(=O)Nc1ccccc1. The van der Waals surface area contributed by atoms with Crippen LogP contribution in [0.3, 0.4) is 0 Å². The van der Waals surface area contributed by atoms with Crippen LogP contribution in [0.25, 0.3) is 0 Å². The molecule has 1 atom stereocenters. The number of aryl methyl sites for hydroxylation is 1. The van der Waals surface area contributed by atoms with E-state index in [1.807, 2.05) is 25.1 Å². The first-order valence-corrected chi connectivity index (χ1v) is 7.29. The molecule has 0 radical (unpaired) electrons. The van der Waals surface area contributed by atoms with E-state index >= 15 is 0 Å². The second-order valence-corrected chi connectivity index (χ2v) is 5.08. The van der Waals surface area contributed by atoms with Crippen LogP contribution in [0.4, 0.5) is 11.4 Å². The van der Waals surface area contributed by atoms with Gasteiger partial charge in [-0.05, 0) is 37.6 Å². The number of carbonyl (C=O) groups excluding carboxylic acids is 1. The number of anilines is 1. The fourth-order valence-electron chi connectivity index (χ4n) is 2.14. The van der Waals surface area contributed by atoms with E-state index in [9.17, 15) is 14.9 Å². The van der Waals surface area contributed by atoms with Gasteiger partial charge in [-0.3, -0.25) is 14.9 Å². The Morgan fingerprint density at radius 3 is 2.52 bits per heavy atom. The Labute approximate surface area is 134 Å². The van der Waals surface area contributed by atoms with E-state index in [2.05, 4.69) is 5.32 Å². The van der Waals surface area contributed by atoms with Crippen molar-refractivity contribution < 1.29 is 14.5 Å². The fourth-order valence-corrected chi connectivity index (χ4v) is 2.14. The number of amides is 1. The van der Waals surface area contributed by atoms with Crippen molar-refractivity contribution >= 4 is 17.3 Å². The third-order valence-corrected chi connectivity index (χ3v) is 3.35. The molecule has 2 rings (SSSR count). The second-order valence-electron chi connectivity index (χ2n) is 5.08. The van der Waals surface area contributed by atoms with E-state index in [1.54, 1.807) is 25.1 Å². The summed E-state index contributed by atoms with van der Waals surface area (Å²) < 4.78 is 5.68. The van der Waals surface area contributed by atoms with Crippen LogP contribution in [0.2, 0.25) is 0 Å². The molecule has 1 amide bonds. The molecule has 6 heteroatoms. The van der Waals surface area contributed by atoms with Crippen LogP contribution in [0.5, 0.6) is 5.75 Å². The molecule has 2 aromatic rings. The zero-order valence-corrected chi connectivity index (χ0v) is 13.0. The standard InChI is InChI=1S/C17H18N2O4/c1-3-16(17(20)18-13-7-5-4-6-8-13)23-14-9-10-15(19(21)22)12(2)11-14/h4-11,16H,3H2,1-2H3,(H,18,20). The molecule has 0 saturated carbocycles. The number of nitrogens with zero attached hydrogens (tertiary/aromatic N) is 1. The summed E-state index contributed by atoms with van der Waals surface area (Å²) in [6.45, 7) is 3.48. The van der Waals surface area contributed by atoms with Crippen LogP contribution < -0.4 is 10.1 Å². The maximum absolute atomic E-state index is 12.3. The number of para-hydroxylation sites is 1. The van der Waals surface area contributed by atoms with E-state index in [0.717, 1.165) is 0 Å². The highest BCUT2D eigenvalue weighted by atomic mass is 16.6. The lowest BCUT2D eigenvalue weighted by Crippen LogP contribution is -2.32. The molecule has 120 valence electrons. The van der Waals surface area contributed by atoms with E-state index in [-0.39, 0.29) is 11.6 Å². The van der Waals surface area contributed by atoms with Crippen molar-refractivity contribution in [1.82, 2.24) is 0 Å². The van der Waals surface area contributed by atoms with Crippen LogP contribution in [0, 0.1) is 17.0 Å². The summed E-state index contributed by atoms with van der Waals surface area (Å²) >= 11 is 0. The lowest BCUT2D eigenvalue weighted by Gasteiger charge is -2.17. The van der Waals surface area contributed by atoms with E-state index < -0.39 is 11.0 Å². The molecule has 0 aromatic heterocycles. The minimum atomic E-state index is -0.670. The molecular formula is C17H18N2O4. The first kappa shape index (κ1) is 16.5. The van der Waals surface area contributed by atoms with Gasteiger partial charge in [0.25, 0.3) is 11.6 Å². The molecule has 0 aliphatic heterocycles. The van der Waals surface area contributed by atoms with Crippen molar-refractivity contribution in [3.63, 3.8) is 0 Å². The van der Waals surface area contributed by atoms with Gasteiger partial charge >= 0.3 is 0 Å². The molecule has 0 fully saturated rings. The summed E-state index contributed by atoms with van der Waals surface area (Å²) in [6, 6.07) is 13.6. The molecule has 1 N–H and O–H groups in total. The molecule has 6 nitrogen and oxygen atoms in total. The Hall–Kier alpha value is -2.89. The Kier molecular flexibility index (Phi) is 5.30. The lowest BCUT2D eigenvalue weighted by molar-refractivity contribution is -0.385. The van der Waals surface area contributed by atoms with Gasteiger partial charge in [0.15, 0.2) is 6.10 Å². The molecule has 0 spiro atoms. The number of nitro groups is 1. The van der Waals surface area contributed by atoms with Gasteiger partial charge in [0.05, 0.1) is 4.92 Å². The zero-order valence-electron chi connectivity index (χ0n) is 13.0. The van der Waals surface area contributed by atoms with E-state index in [4.69, 9.17) is 4.74 Å². The normalized spacial score (nSPS) is 11.6. The number of rotatable bonds is 6. The Morgan fingerprint density at radius 2 is 1.96 bits per heavy atom. The predicted molar refractivity (Wildman–Crippen MR) is 87.6 cm³/mol. The summed E-state index contributed by atoms with van der Waals surface area (Å²) in [6.07, 6.45) is -0.189. The van der Waals surface area contributed by atoms with Gasteiger partial charge in [0.2, 0.25) is 0 Å². The van der Waals surface area contributed by atoms with Crippen LogP contribution in [0.1, 0.15) is 18.9 Å². The number of nitro benzene ring substituents is 1. The largest absolute Gasteiger partial charge is 0.481 e. The molecule has 1 unspecified atom stereocenters. The van der Waals surface area contributed by atoms with Gasteiger partial charge in [0.1, 0.15) is 5.75 Å². The molecule has 0 heterocycles. The zero-order chi connectivity index (χ0) is 16.8. The average Bonchev–Trinajstić information content (AvgIpc) is 2.53. The molecule has 0 aliphatic rings. The second kappa shape index (κ2) is 7.40. The van der Waals surface area contributed by atoms with Crippen molar-refractivity contribution in [3.8, 4) is 5.75 Å². The Balaban J connectivity index is 2.08. The van der Waals surface area contributed by atoms with Crippen molar-refractivity contribution in [1.29, 1.82) is 0 Å². The van der Waals surface area contributed by atoms with Gasteiger partial charge in [-0.25, -0.2) is 0 Å². The highest BCUT2D eigenvalue weighted by Crippen LogP contribution is 2.24. The number of carbonyl (C=O) groups is 1. The summed E-state index contributed by atoms with van der Waals surface area (Å²) in [5.74, 6) is 0.179. The minimum absolute atomic E-state index is 0.0270. The van der Waals surface area contributed by atoms with Gasteiger partial charge in [-0.15, -0.1) is 0 Å². The fraction of sp³-hybridized carbons (Fsp3) is 0.235. The molecule has 2 aromatic carbocycles. The maximum Gasteiger partial charge on any atom is 0.272 e. The van der Waals surface area contributed by atoms with Crippen LogP contribution >= 0.6 is 0 Å². The summed E-state index contributed by atoms with van der Waals surface area (Å²) in [5, 5.41) is 13.6. The highest BCUT2D eigenvalue weighted by molar-refractivity contribution is 5.94. The molecule has 23 heavy (non-hydrogen) atoms. The summed E-state index contributed by atoms with van der Waals surface area (Å²) in [7, 11) is 0. The molecule has 0 aliphatic carbocycles. The van der Waals surface area contributed by atoms with Crippen molar-refractivity contribution in [3.05, 3.63) is 64.2 Å². The lowest BCUT2D eigenvalue weighted by atomic mass is 10.2. The molecular weight excluding hydrogens is 296 g/mol. The summed E-state index contributed by atoms with van der Waals surface area (Å²) in [4.78, 5) is 22.6. The third kappa shape index (κ3) is 4.29. The van der Waals surface area contributed by atoms with Gasteiger partial charge in [-0.1, -0.05) is 25.1 Å². The van der Waals surface area contributed by atoms with Crippen molar-refractivity contribution in [2.45, 2.75) is 26.4 Å². The first-order chi connectivity index (χ1) is 11.0. The van der Waals surface area contributed by atoms with Crippen LogP contribution in [-0.4, -0.2) is 16.9 Å². The van der Waals surface area contributed by atoms with E-state index in [0.29, 0.717) is 23.4 Å². The average molecular weight is 314 g/mol. The number of benzene rings is 2. The number of hydrogen-bond donors (Lipinski definition) is 1. The first-order valence-electron chi connectivity index (χ1n) is 7.29. The maximum atomic E-state index is 12.3. The van der Waals surface area contributed by atoms with Gasteiger partial charge in [0, 0.05) is 17.3 Å². The van der Waals surface area contributed by atoms with Crippen LogP contribution in [0.15, 0.2) is 48.5 Å². The molecule has 0 bridgehead atoms. The summed E-state index contributed by atoms with van der Waals surface area (Å²) in [5.41, 5.74) is 1.21.